The van der Waals surface area contributed by atoms with Crippen molar-refractivity contribution in [1.29, 1.82) is 0 Å². The predicted octanol–water partition coefficient (Wildman–Crippen LogP) is 2.06. The monoisotopic (exact) mass is 243 g/mol. The van der Waals surface area contributed by atoms with Gasteiger partial charge in [0.05, 0.1) is 6.61 Å². The highest BCUT2D eigenvalue weighted by molar-refractivity contribution is 5.47. The smallest absolute Gasteiger partial charge is 0.0558 e. The molecule has 3 heterocycles. The Bertz CT molecular complexity index is 433. The van der Waals surface area contributed by atoms with Gasteiger partial charge in [0, 0.05) is 30.5 Å². The van der Waals surface area contributed by atoms with Gasteiger partial charge < -0.3 is 5.11 Å². The van der Waals surface area contributed by atoms with Gasteiger partial charge in [-0.15, -0.1) is 0 Å². The lowest BCUT2D eigenvalue weighted by Crippen LogP contribution is -2.46. The van der Waals surface area contributed by atoms with Gasteiger partial charge in [0.25, 0.3) is 0 Å². The van der Waals surface area contributed by atoms with Crippen molar-refractivity contribution in [2.45, 2.75) is 36.5 Å². The first-order valence-corrected chi connectivity index (χ1v) is 7.21. The summed E-state index contributed by atoms with van der Waals surface area (Å²) >= 11 is 0. The second-order valence-corrected chi connectivity index (χ2v) is 6.54. The molecule has 18 heavy (non-hydrogen) atoms. The highest BCUT2D eigenvalue weighted by atomic mass is 16.3. The Hall–Kier alpha value is -0.860. The normalized spacial score (nSPS) is 37.6. The maximum absolute atomic E-state index is 9.27. The summed E-state index contributed by atoms with van der Waals surface area (Å²) in [6.45, 7) is 3.46. The van der Waals surface area contributed by atoms with Crippen LogP contribution < -0.4 is 0 Å². The van der Waals surface area contributed by atoms with Gasteiger partial charge in [0.15, 0.2) is 0 Å². The molecular weight excluding hydrogens is 222 g/mol. The lowest BCUT2D eigenvalue weighted by Gasteiger charge is -2.51. The summed E-state index contributed by atoms with van der Waals surface area (Å²) in [7, 11) is 0. The third-order valence-electron chi connectivity index (χ3n) is 5.70. The van der Waals surface area contributed by atoms with Crippen molar-refractivity contribution in [2.24, 2.45) is 0 Å². The van der Waals surface area contributed by atoms with Gasteiger partial charge in [0.2, 0.25) is 0 Å². The zero-order valence-electron chi connectivity index (χ0n) is 10.9. The van der Waals surface area contributed by atoms with E-state index in [0.29, 0.717) is 17.4 Å². The van der Waals surface area contributed by atoms with Gasteiger partial charge >= 0.3 is 0 Å². The molecule has 0 spiro atoms. The molecule has 1 aromatic rings. The van der Waals surface area contributed by atoms with Gasteiger partial charge in [-0.25, -0.2) is 0 Å². The summed E-state index contributed by atoms with van der Waals surface area (Å²) in [5, 5.41) is 9.27. The standard InChI is InChI=1S/C16H21NO/c18-10-9-17-11-15-5-7-16(12-17,8-6-15)14-4-2-1-3-13(14)15/h1-4,18H,5-12H2. The van der Waals surface area contributed by atoms with E-state index in [0.717, 1.165) is 19.6 Å². The summed E-state index contributed by atoms with van der Waals surface area (Å²) in [5.74, 6) is 0. The molecule has 7 rings (SSSR count). The van der Waals surface area contributed by atoms with E-state index in [1.54, 1.807) is 11.1 Å². The molecular formula is C16H21NO. The van der Waals surface area contributed by atoms with Crippen LogP contribution in [0.5, 0.6) is 0 Å². The van der Waals surface area contributed by atoms with E-state index in [4.69, 9.17) is 0 Å². The van der Waals surface area contributed by atoms with Gasteiger partial charge in [-0.3, -0.25) is 4.90 Å². The first-order chi connectivity index (χ1) is 8.78. The maximum Gasteiger partial charge on any atom is 0.0558 e. The Morgan fingerprint density at radius 1 is 0.944 bits per heavy atom. The fraction of sp³-hybridized carbons (Fsp3) is 0.625. The number of hydrogen-bond acceptors (Lipinski definition) is 2. The number of hydrogen-bond donors (Lipinski definition) is 1. The molecule has 1 N–H and O–H groups in total. The quantitative estimate of drug-likeness (QED) is 0.859. The molecule has 2 heteroatoms. The third kappa shape index (κ3) is 1.25. The van der Waals surface area contributed by atoms with Crippen molar-refractivity contribution in [3.63, 3.8) is 0 Å². The topological polar surface area (TPSA) is 23.5 Å². The third-order valence-corrected chi connectivity index (χ3v) is 5.70. The molecule has 2 nitrogen and oxygen atoms in total. The molecule has 0 unspecified atom stereocenters. The Morgan fingerprint density at radius 3 is 1.89 bits per heavy atom. The van der Waals surface area contributed by atoms with Crippen molar-refractivity contribution >= 4 is 0 Å². The van der Waals surface area contributed by atoms with Gasteiger partial charge in [-0.2, -0.15) is 0 Å². The molecule has 1 saturated carbocycles. The minimum Gasteiger partial charge on any atom is -0.395 e. The summed E-state index contributed by atoms with van der Waals surface area (Å²) < 4.78 is 0. The molecule has 3 aliphatic carbocycles. The molecule has 3 aliphatic heterocycles. The summed E-state index contributed by atoms with van der Waals surface area (Å²) in [6.07, 6.45) is 5.41. The molecule has 2 saturated heterocycles. The van der Waals surface area contributed by atoms with Crippen molar-refractivity contribution in [3.8, 4) is 0 Å². The van der Waals surface area contributed by atoms with Gasteiger partial charge in [-0.1, -0.05) is 24.3 Å². The minimum atomic E-state index is 0.294. The van der Waals surface area contributed by atoms with E-state index in [1.165, 1.54) is 25.7 Å². The van der Waals surface area contributed by atoms with Crippen molar-refractivity contribution in [3.05, 3.63) is 35.4 Å². The van der Waals surface area contributed by atoms with Crippen LogP contribution in [-0.4, -0.2) is 36.2 Å². The first kappa shape index (κ1) is 11.0. The second-order valence-electron chi connectivity index (χ2n) is 6.54. The Morgan fingerprint density at radius 2 is 1.44 bits per heavy atom. The van der Waals surface area contributed by atoms with Gasteiger partial charge in [0.1, 0.15) is 0 Å². The summed E-state index contributed by atoms with van der Waals surface area (Å²) in [5.41, 5.74) is 4.04. The SMILES string of the molecule is OCCN1CC23CCC(CC2)(C1)c1ccccc13. The van der Waals surface area contributed by atoms with Crippen LogP contribution >= 0.6 is 0 Å². The van der Waals surface area contributed by atoms with Crippen LogP contribution in [0.2, 0.25) is 0 Å². The zero-order chi connectivity index (χ0) is 12.2. The molecule has 6 aliphatic rings. The number of benzene rings is 1. The van der Waals surface area contributed by atoms with E-state index in [1.807, 2.05) is 0 Å². The lowest BCUT2D eigenvalue weighted by atomic mass is 9.53. The molecule has 1 aromatic carbocycles. The highest BCUT2D eigenvalue weighted by Gasteiger charge is 2.55. The van der Waals surface area contributed by atoms with Crippen molar-refractivity contribution in [2.75, 3.05) is 26.2 Å². The molecule has 0 amide bonds. The van der Waals surface area contributed by atoms with Crippen molar-refractivity contribution < 1.29 is 5.11 Å². The van der Waals surface area contributed by atoms with Crippen LogP contribution in [0.4, 0.5) is 0 Å². The average Bonchev–Trinajstić information content (AvgIpc) is 2.71. The second kappa shape index (κ2) is 3.58. The van der Waals surface area contributed by atoms with Crippen LogP contribution in [-0.2, 0) is 10.8 Å². The Kier molecular flexibility index (Phi) is 2.19. The lowest BCUT2D eigenvalue weighted by molar-refractivity contribution is 0.178. The van der Waals surface area contributed by atoms with E-state index in [-0.39, 0.29) is 0 Å². The fourth-order valence-corrected chi connectivity index (χ4v) is 4.85. The zero-order valence-corrected chi connectivity index (χ0v) is 10.9. The Labute approximate surface area is 109 Å². The molecule has 3 fully saturated rings. The molecule has 0 radical (unpaired) electrons. The number of aliphatic hydroxyl groups is 1. The molecule has 0 atom stereocenters. The molecule has 2 bridgehead atoms. The van der Waals surface area contributed by atoms with E-state index < -0.39 is 0 Å². The largest absolute Gasteiger partial charge is 0.395 e. The van der Waals surface area contributed by atoms with Crippen LogP contribution in [0.1, 0.15) is 36.8 Å². The number of rotatable bonds is 2. The van der Waals surface area contributed by atoms with Crippen LogP contribution in [0.25, 0.3) is 0 Å². The fourth-order valence-electron chi connectivity index (χ4n) is 4.85. The van der Waals surface area contributed by atoms with Crippen molar-refractivity contribution in [1.82, 2.24) is 4.90 Å². The minimum absolute atomic E-state index is 0.294. The molecule has 0 aromatic heterocycles. The molecule has 96 valence electrons. The van der Waals surface area contributed by atoms with Crippen LogP contribution in [0, 0.1) is 0 Å². The first-order valence-electron chi connectivity index (χ1n) is 7.21. The number of nitrogens with zero attached hydrogens (tertiary/aromatic N) is 1. The van der Waals surface area contributed by atoms with E-state index >= 15 is 0 Å². The summed E-state index contributed by atoms with van der Waals surface area (Å²) in [4.78, 5) is 2.51. The Balaban J connectivity index is 1.88. The van der Waals surface area contributed by atoms with E-state index in [2.05, 4.69) is 29.2 Å². The van der Waals surface area contributed by atoms with Crippen LogP contribution in [0.15, 0.2) is 24.3 Å². The predicted molar refractivity (Wildman–Crippen MR) is 71.8 cm³/mol. The maximum atomic E-state index is 9.27. The van der Waals surface area contributed by atoms with Gasteiger partial charge in [-0.05, 0) is 36.8 Å². The average molecular weight is 243 g/mol. The van der Waals surface area contributed by atoms with Crippen LogP contribution in [0.3, 0.4) is 0 Å². The highest BCUT2D eigenvalue weighted by Crippen LogP contribution is 2.59. The summed E-state index contributed by atoms with van der Waals surface area (Å²) in [6, 6.07) is 9.14. The van der Waals surface area contributed by atoms with E-state index in [9.17, 15) is 5.11 Å². The number of aliphatic hydroxyl groups excluding tert-OH is 1.